The van der Waals surface area contributed by atoms with E-state index in [1.807, 2.05) is 11.8 Å². The molecule has 118 valence electrons. The summed E-state index contributed by atoms with van der Waals surface area (Å²) in [6.07, 6.45) is 1.58. The Labute approximate surface area is 134 Å². The quantitative estimate of drug-likeness (QED) is 0.927. The minimum absolute atomic E-state index is 0.0106. The van der Waals surface area contributed by atoms with Crippen molar-refractivity contribution in [2.24, 2.45) is 5.92 Å². The van der Waals surface area contributed by atoms with Crippen molar-refractivity contribution in [3.63, 3.8) is 0 Å². The molecule has 1 aromatic carbocycles. The maximum absolute atomic E-state index is 14.1. The molecule has 1 fully saturated rings. The van der Waals surface area contributed by atoms with Crippen LogP contribution < -0.4 is 5.32 Å². The molecule has 4 nitrogen and oxygen atoms in total. The largest absolute Gasteiger partial charge is 0.356 e. The van der Waals surface area contributed by atoms with Crippen molar-refractivity contribution >= 4 is 17.5 Å². The van der Waals surface area contributed by atoms with Crippen LogP contribution in [0.4, 0.5) is 4.39 Å². The summed E-state index contributed by atoms with van der Waals surface area (Å²) in [4.78, 5) is 13.8. The lowest BCUT2D eigenvalue weighted by Gasteiger charge is -2.35. The summed E-state index contributed by atoms with van der Waals surface area (Å²) in [5.41, 5.74) is 0.197. The third kappa shape index (κ3) is 3.57. The highest BCUT2D eigenvalue weighted by Gasteiger charge is 2.32. The molecular formula is C16H19ClFN3O. The summed E-state index contributed by atoms with van der Waals surface area (Å²) >= 11 is 6.07. The van der Waals surface area contributed by atoms with E-state index in [0.717, 1.165) is 12.8 Å². The van der Waals surface area contributed by atoms with Crippen LogP contribution in [-0.2, 0) is 4.79 Å². The highest BCUT2D eigenvalue weighted by Crippen LogP contribution is 2.32. The zero-order valence-electron chi connectivity index (χ0n) is 12.5. The van der Waals surface area contributed by atoms with Crippen LogP contribution in [0.1, 0.15) is 31.4 Å². The number of rotatable bonds is 4. The number of benzene rings is 1. The first kappa shape index (κ1) is 16.7. The second kappa shape index (κ2) is 7.57. The average molecular weight is 324 g/mol. The Morgan fingerprint density at radius 3 is 3.05 bits per heavy atom. The van der Waals surface area contributed by atoms with Crippen LogP contribution in [0.3, 0.4) is 0 Å². The molecule has 2 atom stereocenters. The minimum atomic E-state index is -0.772. The topological polar surface area (TPSA) is 56.1 Å². The normalized spacial score (nSPS) is 20.2. The number of carbonyl (C=O) groups is 1. The van der Waals surface area contributed by atoms with Gasteiger partial charge in [-0.25, -0.2) is 4.39 Å². The Morgan fingerprint density at radius 1 is 1.64 bits per heavy atom. The predicted molar refractivity (Wildman–Crippen MR) is 82.7 cm³/mol. The van der Waals surface area contributed by atoms with Gasteiger partial charge in [0.05, 0.1) is 12.0 Å². The first-order valence-corrected chi connectivity index (χ1v) is 7.81. The van der Waals surface area contributed by atoms with Gasteiger partial charge in [-0.1, -0.05) is 17.7 Å². The van der Waals surface area contributed by atoms with E-state index in [1.54, 1.807) is 6.07 Å². The maximum atomic E-state index is 14.1. The molecule has 22 heavy (non-hydrogen) atoms. The molecule has 2 rings (SSSR count). The smallest absolute Gasteiger partial charge is 0.224 e. The number of nitrogens with zero attached hydrogens (tertiary/aromatic N) is 2. The molecule has 0 spiro atoms. The fourth-order valence-corrected chi connectivity index (χ4v) is 3.14. The third-order valence-electron chi connectivity index (χ3n) is 3.94. The zero-order valence-corrected chi connectivity index (χ0v) is 13.2. The maximum Gasteiger partial charge on any atom is 0.224 e. The second-order valence-electron chi connectivity index (χ2n) is 5.40. The predicted octanol–water partition coefficient (Wildman–Crippen LogP) is 2.89. The van der Waals surface area contributed by atoms with E-state index in [9.17, 15) is 14.4 Å². The fraction of sp³-hybridized carbons (Fsp3) is 0.500. The van der Waals surface area contributed by atoms with Crippen molar-refractivity contribution in [3.8, 4) is 6.07 Å². The third-order valence-corrected chi connectivity index (χ3v) is 4.26. The number of nitriles is 1. The van der Waals surface area contributed by atoms with Gasteiger partial charge >= 0.3 is 0 Å². The lowest BCUT2D eigenvalue weighted by Crippen LogP contribution is -2.44. The lowest BCUT2D eigenvalue weighted by molar-refractivity contribution is -0.126. The average Bonchev–Trinajstić information content (AvgIpc) is 2.51. The number of carbonyl (C=O) groups excluding carboxylic acids is 1. The summed E-state index contributed by atoms with van der Waals surface area (Å²) in [6, 6.07) is 5.76. The van der Waals surface area contributed by atoms with E-state index in [2.05, 4.69) is 11.4 Å². The molecule has 1 amide bonds. The molecule has 1 N–H and O–H groups in total. The molecular weight excluding hydrogens is 305 g/mol. The Balaban J connectivity index is 2.21. The van der Waals surface area contributed by atoms with Crippen LogP contribution in [0.5, 0.6) is 0 Å². The zero-order chi connectivity index (χ0) is 16.1. The van der Waals surface area contributed by atoms with E-state index < -0.39 is 11.9 Å². The summed E-state index contributed by atoms with van der Waals surface area (Å²) in [5, 5.41) is 12.5. The van der Waals surface area contributed by atoms with Crippen LogP contribution in [0, 0.1) is 23.1 Å². The van der Waals surface area contributed by atoms with Crippen LogP contribution in [0.25, 0.3) is 0 Å². The molecule has 1 saturated heterocycles. The summed E-state index contributed by atoms with van der Waals surface area (Å²) in [6.45, 7) is 3.54. The van der Waals surface area contributed by atoms with E-state index in [0.29, 0.717) is 19.6 Å². The molecule has 1 aliphatic heterocycles. The Bertz CT molecular complexity index is 567. The first-order valence-electron chi connectivity index (χ1n) is 7.43. The number of likely N-dealkylation sites (tertiary alicyclic amines) is 1. The van der Waals surface area contributed by atoms with Crippen LogP contribution >= 0.6 is 11.6 Å². The van der Waals surface area contributed by atoms with Gasteiger partial charge in [-0.05, 0) is 38.4 Å². The van der Waals surface area contributed by atoms with Crippen molar-refractivity contribution in [3.05, 3.63) is 34.6 Å². The van der Waals surface area contributed by atoms with Crippen molar-refractivity contribution in [2.75, 3.05) is 19.6 Å². The van der Waals surface area contributed by atoms with E-state index >= 15 is 0 Å². The number of amides is 1. The highest BCUT2D eigenvalue weighted by atomic mass is 35.5. The lowest BCUT2D eigenvalue weighted by atomic mass is 9.94. The van der Waals surface area contributed by atoms with Gasteiger partial charge in [0.15, 0.2) is 0 Å². The number of hydrogen-bond donors (Lipinski definition) is 1. The van der Waals surface area contributed by atoms with Crippen molar-refractivity contribution in [2.45, 2.75) is 25.8 Å². The van der Waals surface area contributed by atoms with Crippen molar-refractivity contribution < 1.29 is 9.18 Å². The van der Waals surface area contributed by atoms with Gasteiger partial charge in [-0.15, -0.1) is 0 Å². The number of hydrogen-bond acceptors (Lipinski definition) is 3. The molecule has 2 unspecified atom stereocenters. The summed E-state index contributed by atoms with van der Waals surface area (Å²) in [7, 11) is 0. The van der Waals surface area contributed by atoms with Gasteiger partial charge in [0.25, 0.3) is 0 Å². The first-order chi connectivity index (χ1) is 10.6. The minimum Gasteiger partial charge on any atom is -0.356 e. The van der Waals surface area contributed by atoms with Crippen LogP contribution in [0.15, 0.2) is 18.2 Å². The van der Waals surface area contributed by atoms with Gasteiger partial charge in [0.1, 0.15) is 11.9 Å². The molecule has 0 aliphatic carbocycles. The summed E-state index contributed by atoms with van der Waals surface area (Å²) in [5.74, 6) is -0.669. The van der Waals surface area contributed by atoms with Crippen LogP contribution in [-0.4, -0.2) is 30.4 Å². The second-order valence-corrected chi connectivity index (χ2v) is 5.80. The van der Waals surface area contributed by atoms with E-state index in [4.69, 9.17) is 11.6 Å². The monoisotopic (exact) mass is 323 g/mol. The van der Waals surface area contributed by atoms with Gasteiger partial charge in [-0.2, -0.15) is 5.26 Å². The van der Waals surface area contributed by atoms with Crippen LogP contribution in [0.2, 0.25) is 5.02 Å². The van der Waals surface area contributed by atoms with Gasteiger partial charge in [-0.3, -0.25) is 9.69 Å². The van der Waals surface area contributed by atoms with E-state index in [-0.39, 0.29) is 22.4 Å². The Morgan fingerprint density at radius 2 is 2.41 bits per heavy atom. The molecule has 0 radical (unpaired) electrons. The molecule has 0 bridgehead atoms. The van der Waals surface area contributed by atoms with Gasteiger partial charge < -0.3 is 5.32 Å². The van der Waals surface area contributed by atoms with Crippen molar-refractivity contribution in [1.82, 2.24) is 10.2 Å². The Kier molecular flexibility index (Phi) is 5.76. The molecule has 0 aromatic heterocycles. The standard InChI is InChI=1S/C16H19ClFN3O/c1-2-20-16(22)11-5-4-8-21(10-11)14(9-19)15-12(17)6-3-7-13(15)18/h3,6-7,11,14H,2,4-5,8,10H2,1H3,(H,20,22). The Hall–Kier alpha value is -1.64. The molecule has 1 heterocycles. The highest BCUT2D eigenvalue weighted by molar-refractivity contribution is 6.31. The SMILES string of the molecule is CCNC(=O)C1CCCN(C(C#N)c2c(F)cccc2Cl)C1. The van der Waals surface area contributed by atoms with Gasteiger partial charge in [0.2, 0.25) is 5.91 Å². The van der Waals surface area contributed by atoms with Crippen molar-refractivity contribution in [1.29, 1.82) is 5.26 Å². The summed E-state index contributed by atoms with van der Waals surface area (Å²) < 4.78 is 14.1. The fourth-order valence-electron chi connectivity index (χ4n) is 2.87. The number of piperidine rings is 1. The molecule has 1 aromatic rings. The van der Waals surface area contributed by atoms with E-state index in [1.165, 1.54) is 12.1 Å². The molecule has 0 saturated carbocycles. The van der Waals surface area contributed by atoms with Gasteiger partial charge in [0, 0.05) is 23.7 Å². The molecule has 6 heteroatoms. The molecule has 1 aliphatic rings. The number of halogens is 2. The number of nitrogens with one attached hydrogen (secondary N) is 1.